The van der Waals surface area contributed by atoms with Gasteiger partial charge in [0.2, 0.25) is 5.88 Å². The summed E-state index contributed by atoms with van der Waals surface area (Å²) in [6.45, 7) is 2.01. The van der Waals surface area contributed by atoms with Gasteiger partial charge in [-0.25, -0.2) is 9.97 Å². The van der Waals surface area contributed by atoms with Gasteiger partial charge in [0.05, 0.1) is 24.4 Å². The summed E-state index contributed by atoms with van der Waals surface area (Å²) in [5, 5.41) is 14.9. The van der Waals surface area contributed by atoms with Crippen molar-refractivity contribution < 1.29 is 14.6 Å². The molecule has 0 aliphatic carbocycles. The zero-order chi connectivity index (χ0) is 16.4. The molecule has 2 aromatic heterocycles. The van der Waals surface area contributed by atoms with Crippen LogP contribution in [0, 0.1) is 0 Å². The van der Waals surface area contributed by atoms with Crippen molar-refractivity contribution >= 4 is 29.6 Å². The van der Waals surface area contributed by atoms with Gasteiger partial charge < -0.3 is 9.84 Å². The molecule has 0 radical (unpaired) electrons. The van der Waals surface area contributed by atoms with Gasteiger partial charge >= 0.3 is 5.97 Å². The number of aromatic nitrogens is 4. The molecular weight excluding hydrogens is 316 g/mol. The fourth-order valence-corrected chi connectivity index (χ4v) is 2.44. The van der Waals surface area contributed by atoms with Gasteiger partial charge in [-0.15, -0.1) is 12.6 Å². The molecule has 8 heteroatoms. The monoisotopic (exact) mass is 330 g/mol. The molecule has 3 aromatic rings. The smallest absolute Gasteiger partial charge is 0.311 e. The molecule has 0 bridgehead atoms. The van der Waals surface area contributed by atoms with Crippen molar-refractivity contribution in [2.75, 3.05) is 6.61 Å². The molecule has 0 fully saturated rings. The summed E-state index contributed by atoms with van der Waals surface area (Å²) in [7, 11) is 0. The maximum atomic E-state index is 11.7. The second kappa shape index (κ2) is 6.25. The molecule has 0 amide bonds. The van der Waals surface area contributed by atoms with Crippen LogP contribution in [0.4, 0.5) is 0 Å². The van der Waals surface area contributed by atoms with Gasteiger partial charge in [0.15, 0.2) is 10.7 Å². The van der Waals surface area contributed by atoms with E-state index in [4.69, 9.17) is 4.74 Å². The van der Waals surface area contributed by atoms with Gasteiger partial charge in [0.25, 0.3) is 0 Å². The molecule has 2 heterocycles. The van der Waals surface area contributed by atoms with Crippen molar-refractivity contribution in [2.45, 2.75) is 18.5 Å². The third kappa shape index (κ3) is 2.98. The highest BCUT2D eigenvalue weighted by molar-refractivity contribution is 7.80. The van der Waals surface area contributed by atoms with Crippen LogP contribution in [-0.2, 0) is 16.0 Å². The number of thiol groups is 1. The van der Waals surface area contributed by atoms with E-state index < -0.39 is 5.97 Å². The van der Waals surface area contributed by atoms with E-state index in [0.717, 1.165) is 0 Å². The molecule has 23 heavy (non-hydrogen) atoms. The Morgan fingerprint density at radius 3 is 2.70 bits per heavy atom. The van der Waals surface area contributed by atoms with Crippen molar-refractivity contribution in [3.8, 4) is 11.6 Å². The predicted octanol–water partition coefficient (Wildman–Crippen LogP) is 1.92. The maximum absolute atomic E-state index is 11.7. The first-order valence-corrected chi connectivity index (χ1v) is 7.43. The third-order valence-corrected chi connectivity index (χ3v) is 3.37. The Bertz CT molecular complexity index is 864. The number of nitrogens with zero attached hydrogens (tertiary/aromatic N) is 4. The number of hydrogen-bond donors (Lipinski definition) is 2. The fourth-order valence-electron chi connectivity index (χ4n) is 2.22. The number of ether oxygens (including phenoxy) is 1. The first-order valence-electron chi connectivity index (χ1n) is 6.98. The van der Waals surface area contributed by atoms with Gasteiger partial charge in [0, 0.05) is 0 Å². The molecule has 1 N–H and O–H groups in total. The summed E-state index contributed by atoms with van der Waals surface area (Å²) in [6, 6.07) is 9.12. The maximum Gasteiger partial charge on any atom is 0.311 e. The van der Waals surface area contributed by atoms with Crippen LogP contribution in [0.25, 0.3) is 16.7 Å². The van der Waals surface area contributed by atoms with Crippen LogP contribution in [0.5, 0.6) is 5.88 Å². The quantitative estimate of drug-likeness (QED) is 0.431. The number of hydrogen-bond acceptors (Lipinski definition) is 7. The van der Waals surface area contributed by atoms with Gasteiger partial charge in [-0.2, -0.15) is 9.78 Å². The lowest BCUT2D eigenvalue weighted by Gasteiger charge is -2.02. The number of aromatic hydroxyl groups is 1. The van der Waals surface area contributed by atoms with Gasteiger partial charge in [-0.3, -0.25) is 4.79 Å². The largest absolute Gasteiger partial charge is 0.492 e. The van der Waals surface area contributed by atoms with E-state index in [1.165, 1.54) is 4.68 Å². The lowest BCUT2D eigenvalue weighted by atomic mass is 10.2. The van der Waals surface area contributed by atoms with Crippen LogP contribution in [0.2, 0.25) is 0 Å². The van der Waals surface area contributed by atoms with E-state index in [1.807, 2.05) is 18.2 Å². The van der Waals surface area contributed by atoms with Crippen molar-refractivity contribution in [2.24, 2.45) is 0 Å². The highest BCUT2D eigenvalue weighted by Crippen LogP contribution is 2.28. The standard InChI is InChI=1S/C15H14N4O3S/c1-2-22-11(20)8-10-12-13(17-15(23)16-10)14(21)19(18-12)9-6-4-3-5-7-9/h3-7,21H,2,8H2,1H3,(H,17,23). The van der Waals surface area contributed by atoms with Gasteiger partial charge in [0.1, 0.15) is 5.52 Å². The molecule has 1 aromatic carbocycles. The van der Waals surface area contributed by atoms with Crippen LogP contribution in [0.1, 0.15) is 12.6 Å². The number of carbonyl (C=O) groups is 1. The SMILES string of the molecule is CCOC(=O)Cc1nc(S)nc2c(O)n(-c3ccccc3)nc12. The number of para-hydroxylation sites is 1. The Morgan fingerprint density at radius 1 is 1.26 bits per heavy atom. The second-order valence-electron chi connectivity index (χ2n) is 4.72. The molecule has 0 saturated heterocycles. The van der Waals surface area contributed by atoms with E-state index in [2.05, 4.69) is 27.7 Å². The number of esters is 1. The van der Waals surface area contributed by atoms with Crippen LogP contribution >= 0.6 is 12.6 Å². The van der Waals surface area contributed by atoms with Crippen molar-refractivity contribution in [1.82, 2.24) is 19.7 Å². The third-order valence-electron chi connectivity index (χ3n) is 3.17. The van der Waals surface area contributed by atoms with E-state index in [9.17, 15) is 9.90 Å². The van der Waals surface area contributed by atoms with E-state index in [-0.39, 0.29) is 29.6 Å². The van der Waals surface area contributed by atoms with Crippen molar-refractivity contribution in [1.29, 1.82) is 0 Å². The minimum atomic E-state index is -0.422. The van der Waals surface area contributed by atoms with E-state index in [0.29, 0.717) is 16.9 Å². The fraction of sp³-hybridized carbons (Fsp3) is 0.200. The lowest BCUT2D eigenvalue weighted by Crippen LogP contribution is -2.10. The average Bonchev–Trinajstić information content (AvgIpc) is 2.86. The Morgan fingerprint density at radius 2 is 2.00 bits per heavy atom. The lowest BCUT2D eigenvalue weighted by molar-refractivity contribution is -0.142. The Labute approximate surface area is 137 Å². The summed E-state index contributed by atoms with van der Waals surface area (Å²) in [4.78, 5) is 20.0. The molecule has 0 atom stereocenters. The predicted molar refractivity (Wildman–Crippen MR) is 85.9 cm³/mol. The van der Waals surface area contributed by atoms with Crippen molar-refractivity contribution in [3.05, 3.63) is 36.0 Å². The molecule has 0 spiro atoms. The Hall–Kier alpha value is -2.61. The number of carbonyl (C=O) groups excluding carboxylic acids is 1. The highest BCUT2D eigenvalue weighted by Gasteiger charge is 2.20. The summed E-state index contributed by atoms with van der Waals surface area (Å²) < 4.78 is 6.28. The molecule has 0 saturated carbocycles. The molecule has 0 aliphatic rings. The number of fused-ring (bicyclic) bond motifs is 1. The molecule has 7 nitrogen and oxygen atoms in total. The van der Waals surface area contributed by atoms with Crippen LogP contribution < -0.4 is 0 Å². The van der Waals surface area contributed by atoms with Crippen molar-refractivity contribution in [3.63, 3.8) is 0 Å². The zero-order valence-electron chi connectivity index (χ0n) is 12.3. The zero-order valence-corrected chi connectivity index (χ0v) is 13.2. The van der Waals surface area contributed by atoms with Crippen LogP contribution in [0.3, 0.4) is 0 Å². The van der Waals surface area contributed by atoms with Gasteiger partial charge in [-0.05, 0) is 19.1 Å². The molecular formula is C15H14N4O3S. The van der Waals surface area contributed by atoms with Crippen LogP contribution in [0.15, 0.2) is 35.5 Å². The normalized spacial score (nSPS) is 10.9. The minimum Gasteiger partial charge on any atom is -0.492 e. The molecule has 0 unspecified atom stereocenters. The highest BCUT2D eigenvalue weighted by atomic mass is 32.1. The number of rotatable bonds is 4. The molecule has 3 rings (SSSR count). The van der Waals surface area contributed by atoms with Crippen LogP contribution in [-0.4, -0.2) is 37.4 Å². The van der Waals surface area contributed by atoms with E-state index >= 15 is 0 Å². The summed E-state index contributed by atoms with van der Waals surface area (Å²) in [6.07, 6.45) is -0.0638. The number of benzene rings is 1. The molecule has 0 aliphatic heterocycles. The summed E-state index contributed by atoms with van der Waals surface area (Å²) in [5.41, 5.74) is 1.62. The molecule has 118 valence electrons. The Kier molecular flexibility index (Phi) is 4.16. The minimum absolute atomic E-state index is 0.0638. The topological polar surface area (TPSA) is 90.1 Å². The summed E-state index contributed by atoms with van der Waals surface area (Å²) >= 11 is 4.13. The average molecular weight is 330 g/mol. The first kappa shape index (κ1) is 15.3. The first-order chi connectivity index (χ1) is 11.1. The summed E-state index contributed by atoms with van der Waals surface area (Å²) in [5.74, 6) is -0.553. The Balaban J connectivity index is 2.13. The van der Waals surface area contributed by atoms with Gasteiger partial charge in [-0.1, -0.05) is 18.2 Å². The second-order valence-corrected chi connectivity index (χ2v) is 5.12. The van der Waals surface area contributed by atoms with E-state index in [1.54, 1.807) is 19.1 Å².